The minimum atomic E-state index is -4.75. The first-order valence-corrected chi connectivity index (χ1v) is 10.9. The third-order valence-electron chi connectivity index (χ3n) is 5.12. The van der Waals surface area contributed by atoms with E-state index in [1.54, 1.807) is 36.4 Å². The molecule has 0 radical (unpaired) electrons. The molecule has 0 spiro atoms. The SMILES string of the molecule is COC(=O)c1ccc(N2N=C(c3ccc(S(=O)(=O)F)cc3)C[C@H]2c2ccccc2)cc1. The maximum Gasteiger partial charge on any atom is 0.337 e. The van der Waals surface area contributed by atoms with Gasteiger partial charge in [0.15, 0.2) is 0 Å². The zero-order valence-electron chi connectivity index (χ0n) is 16.6. The summed E-state index contributed by atoms with van der Waals surface area (Å²) >= 11 is 0. The van der Waals surface area contributed by atoms with Crippen LogP contribution in [0, 0.1) is 0 Å². The van der Waals surface area contributed by atoms with Gasteiger partial charge in [0, 0.05) is 6.42 Å². The molecule has 31 heavy (non-hydrogen) atoms. The van der Waals surface area contributed by atoms with Crippen molar-refractivity contribution >= 4 is 27.6 Å². The van der Waals surface area contributed by atoms with Crippen LogP contribution in [0.3, 0.4) is 0 Å². The van der Waals surface area contributed by atoms with Crippen LogP contribution >= 0.6 is 0 Å². The lowest BCUT2D eigenvalue weighted by atomic mass is 9.98. The van der Waals surface area contributed by atoms with Crippen molar-refractivity contribution in [2.75, 3.05) is 12.1 Å². The molecule has 0 aromatic heterocycles. The first-order chi connectivity index (χ1) is 14.9. The Morgan fingerprint density at radius 1 is 1.00 bits per heavy atom. The number of hydrogen-bond acceptors (Lipinski definition) is 6. The van der Waals surface area contributed by atoms with Crippen LogP contribution in [0.4, 0.5) is 9.57 Å². The van der Waals surface area contributed by atoms with Crippen molar-refractivity contribution in [2.45, 2.75) is 17.4 Å². The van der Waals surface area contributed by atoms with Crippen molar-refractivity contribution in [3.8, 4) is 0 Å². The number of rotatable bonds is 5. The maximum absolute atomic E-state index is 13.2. The van der Waals surface area contributed by atoms with Gasteiger partial charge in [-0.3, -0.25) is 5.01 Å². The summed E-state index contributed by atoms with van der Waals surface area (Å²) in [6, 6.07) is 22.3. The van der Waals surface area contributed by atoms with E-state index in [-0.39, 0.29) is 10.9 Å². The molecule has 0 N–H and O–H groups in total. The predicted molar refractivity (Wildman–Crippen MR) is 115 cm³/mol. The molecule has 0 fully saturated rings. The number of hydrazone groups is 1. The van der Waals surface area contributed by atoms with Crippen LogP contribution in [-0.4, -0.2) is 27.2 Å². The molecular formula is C23H19FN2O4S. The number of nitrogens with zero attached hydrogens (tertiary/aromatic N) is 2. The molecule has 0 amide bonds. The lowest BCUT2D eigenvalue weighted by Gasteiger charge is -2.24. The fourth-order valence-electron chi connectivity index (χ4n) is 3.54. The fourth-order valence-corrected chi connectivity index (χ4v) is 4.00. The number of hydrogen-bond donors (Lipinski definition) is 0. The van der Waals surface area contributed by atoms with Gasteiger partial charge in [-0.05, 0) is 47.5 Å². The molecule has 3 aromatic rings. The Hall–Kier alpha value is -3.52. The number of ether oxygens (including phenoxy) is 1. The maximum atomic E-state index is 13.2. The number of esters is 1. The normalized spacial score (nSPS) is 16.1. The topological polar surface area (TPSA) is 76.0 Å². The Morgan fingerprint density at radius 2 is 1.65 bits per heavy atom. The highest BCUT2D eigenvalue weighted by Gasteiger charge is 2.30. The zero-order valence-corrected chi connectivity index (χ0v) is 17.4. The van der Waals surface area contributed by atoms with E-state index in [4.69, 9.17) is 9.84 Å². The first kappa shape index (κ1) is 20.7. The number of carbonyl (C=O) groups is 1. The summed E-state index contributed by atoms with van der Waals surface area (Å²) in [4.78, 5) is 11.3. The predicted octanol–water partition coefficient (Wildman–Crippen LogP) is 4.49. The van der Waals surface area contributed by atoms with Gasteiger partial charge in [-0.25, -0.2) is 4.79 Å². The highest BCUT2D eigenvalue weighted by Crippen LogP contribution is 2.36. The van der Waals surface area contributed by atoms with Gasteiger partial charge < -0.3 is 4.74 Å². The smallest absolute Gasteiger partial charge is 0.337 e. The van der Waals surface area contributed by atoms with E-state index in [0.717, 1.165) is 17.0 Å². The van der Waals surface area contributed by atoms with E-state index >= 15 is 0 Å². The van der Waals surface area contributed by atoms with E-state index in [0.29, 0.717) is 17.5 Å². The quantitative estimate of drug-likeness (QED) is 0.433. The monoisotopic (exact) mass is 438 g/mol. The van der Waals surface area contributed by atoms with E-state index in [1.807, 2.05) is 35.3 Å². The van der Waals surface area contributed by atoms with Crippen LogP contribution in [0.1, 0.15) is 33.9 Å². The Labute approximate surface area is 179 Å². The highest BCUT2D eigenvalue weighted by atomic mass is 32.3. The van der Waals surface area contributed by atoms with E-state index in [1.165, 1.54) is 19.2 Å². The summed E-state index contributed by atoms with van der Waals surface area (Å²) in [5.41, 5.74) is 3.74. The Morgan fingerprint density at radius 3 is 2.23 bits per heavy atom. The van der Waals surface area contributed by atoms with E-state index in [9.17, 15) is 17.1 Å². The number of benzene rings is 3. The minimum Gasteiger partial charge on any atom is -0.465 e. The second-order valence-electron chi connectivity index (χ2n) is 7.02. The highest BCUT2D eigenvalue weighted by molar-refractivity contribution is 7.86. The van der Waals surface area contributed by atoms with Gasteiger partial charge >= 0.3 is 16.2 Å². The molecule has 0 saturated heterocycles. The molecule has 6 nitrogen and oxygen atoms in total. The molecule has 0 saturated carbocycles. The second kappa shape index (κ2) is 8.31. The van der Waals surface area contributed by atoms with Crippen molar-refractivity contribution in [3.63, 3.8) is 0 Å². The molecule has 1 atom stereocenters. The molecule has 1 aliphatic rings. The van der Waals surface area contributed by atoms with Crippen molar-refractivity contribution in [3.05, 3.63) is 95.6 Å². The molecule has 4 rings (SSSR count). The van der Waals surface area contributed by atoms with Gasteiger partial charge in [0.2, 0.25) is 0 Å². The summed E-state index contributed by atoms with van der Waals surface area (Å²) < 4.78 is 40.2. The number of methoxy groups -OCH3 is 1. The van der Waals surface area contributed by atoms with E-state index < -0.39 is 16.2 Å². The van der Waals surface area contributed by atoms with Crippen LogP contribution in [0.15, 0.2) is 88.9 Å². The van der Waals surface area contributed by atoms with Crippen molar-refractivity contribution in [1.82, 2.24) is 0 Å². The third kappa shape index (κ3) is 4.34. The summed E-state index contributed by atoms with van der Waals surface area (Å²) in [5.74, 6) is -0.417. The van der Waals surface area contributed by atoms with Crippen LogP contribution < -0.4 is 5.01 Å². The summed E-state index contributed by atoms with van der Waals surface area (Å²) in [6.07, 6.45) is 0.574. The lowest BCUT2D eigenvalue weighted by molar-refractivity contribution is 0.0600. The summed E-state index contributed by atoms with van der Waals surface area (Å²) in [6.45, 7) is 0. The fraction of sp³-hybridized carbons (Fsp3) is 0.130. The molecule has 158 valence electrons. The zero-order chi connectivity index (χ0) is 22.0. The average Bonchev–Trinajstić information content (AvgIpc) is 3.24. The average molecular weight is 438 g/mol. The largest absolute Gasteiger partial charge is 0.465 e. The second-order valence-corrected chi connectivity index (χ2v) is 8.37. The summed E-state index contributed by atoms with van der Waals surface area (Å²) in [5, 5.41) is 6.63. The molecule has 0 unspecified atom stereocenters. The van der Waals surface area contributed by atoms with Crippen LogP contribution in [0.5, 0.6) is 0 Å². The van der Waals surface area contributed by atoms with Gasteiger partial charge in [-0.2, -0.15) is 13.5 Å². The third-order valence-corrected chi connectivity index (χ3v) is 5.95. The van der Waals surface area contributed by atoms with Gasteiger partial charge in [0.05, 0.1) is 35.0 Å². The minimum absolute atomic E-state index is 0.0928. The van der Waals surface area contributed by atoms with Gasteiger partial charge in [0.25, 0.3) is 0 Å². The van der Waals surface area contributed by atoms with Gasteiger partial charge in [-0.1, -0.05) is 42.5 Å². The number of anilines is 1. The summed E-state index contributed by atoms with van der Waals surface area (Å²) in [7, 11) is -3.42. The lowest BCUT2D eigenvalue weighted by Crippen LogP contribution is -2.18. The molecule has 3 aromatic carbocycles. The first-order valence-electron chi connectivity index (χ1n) is 9.52. The van der Waals surface area contributed by atoms with Gasteiger partial charge in [-0.15, -0.1) is 3.89 Å². The Bertz CT molecular complexity index is 1220. The molecule has 8 heteroatoms. The molecule has 0 bridgehead atoms. The van der Waals surface area contributed by atoms with Crippen molar-refractivity contribution in [2.24, 2.45) is 5.10 Å². The molecule has 0 aliphatic carbocycles. The van der Waals surface area contributed by atoms with Gasteiger partial charge in [0.1, 0.15) is 0 Å². The molecule has 1 aliphatic heterocycles. The number of halogens is 1. The Kier molecular flexibility index (Phi) is 5.56. The molecule has 1 heterocycles. The van der Waals surface area contributed by atoms with E-state index in [2.05, 4.69) is 0 Å². The van der Waals surface area contributed by atoms with Crippen molar-refractivity contribution < 1.29 is 21.8 Å². The standard InChI is InChI=1S/C23H19FN2O4S/c1-30-23(27)18-7-11-19(12-8-18)26-22(17-5-3-2-4-6-17)15-21(25-26)16-9-13-20(14-10-16)31(24,28)29/h2-14,22H,15H2,1H3/t22-/m0/s1. The number of carbonyl (C=O) groups excluding carboxylic acids is 1. The van der Waals surface area contributed by atoms with Crippen LogP contribution in [0.2, 0.25) is 0 Å². The Balaban J connectivity index is 1.70. The van der Waals surface area contributed by atoms with Crippen LogP contribution in [0.25, 0.3) is 0 Å². The van der Waals surface area contributed by atoms with Crippen LogP contribution in [-0.2, 0) is 15.0 Å². The van der Waals surface area contributed by atoms with Crippen molar-refractivity contribution in [1.29, 1.82) is 0 Å². The molecular weight excluding hydrogens is 419 g/mol.